The Kier molecular flexibility index (Phi) is 3.62. The molecule has 60 valence electrons. The van der Waals surface area contributed by atoms with Crippen molar-refractivity contribution in [3.63, 3.8) is 0 Å². The molecular formula is C7H6NNiO2+. The molecule has 0 saturated carbocycles. The second-order valence-electron chi connectivity index (χ2n) is 1.87. The average molecular weight is 195 g/mol. The summed E-state index contributed by atoms with van der Waals surface area (Å²) in [5.74, 6) is -1.24. The van der Waals surface area contributed by atoms with Gasteiger partial charge < -0.3 is 15.6 Å². The first-order valence-corrected chi connectivity index (χ1v) is 2.77. The van der Waals surface area contributed by atoms with E-state index in [1.165, 1.54) is 12.1 Å². The van der Waals surface area contributed by atoms with E-state index in [2.05, 4.69) is 0 Å². The number of rotatable bonds is 1. The summed E-state index contributed by atoms with van der Waals surface area (Å²) >= 11 is 0. The predicted molar refractivity (Wildman–Crippen MR) is 35.2 cm³/mol. The number of carbonyl (C=O) groups is 1. The van der Waals surface area contributed by atoms with E-state index in [1.807, 2.05) is 0 Å². The standard InChI is InChI=1S/C7H7NO2.Ni/c8-6-4-2-1-3-5(6)7(9)10;/h1-4H,8H2,(H,9,10);/q;+2/p-1. The van der Waals surface area contributed by atoms with Gasteiger partial charge in [-0.1, -0.05) is 18.2 Å². The van der Waals surface area contributed by atoms with Crippen molar-refractivity contribution in [2.45, 2.75) is 0 Å². The zero-order valence-electron chi connectivity index (χ0n) is 5.52. The molecule has 1 rings (SSSR count). The molecule has 0 heterocycles. The van der Waals surface area contributed by atoms with Gasteiger partial charge in [-0.05, 0) is 6.07 Å². The number of hydrogen-bond donors (Lipinski definition) is 1. The van der Waals surface area contributed by atoms with Gasteiger partial charge in [-0.15, -0.1) is 0 Å². The minimum atomic E-state index is -1.24. The molecule has 0 atom stereocenters. The Bertz CT molecular complexity index is 262. The van der Waals surface area contributed by atoms with Crippen LogP contribution in [0.4, 0.5) is 5.69 Å². The normalized spacial score (nSPS) is 8.36. The summed E-state index contributed by atoms with van der Waals surface area (Å²) in [5.41, 5.74) is 5.58. The van der Waals surface area contributed by atoms with Crippen LogP contribution < -0.4 is 10.8 Å². The third-order valence-corrected chi connectivity index (χ3v) is 1.18. The predicted octanol–water partition coefficient (Wildman–Crippen LogP) is -0.370. The Morgan fingerprint density at radius 1 is 1.36 bits per heavy atom. The van der Waals surface area contributed by atoms with Gasteiger partial charge >= 0.3 is 16.5 Å². The summed E-state index contributed by atoms with van der Waals surface area (Å²) in [4.78, 5) is 10.2. The summed E-state index contributed by atoms with van der Waals surface area (Å²) in [7, 11) is 0. The van der Waals surface area contributed by atoms with E-state index in [9.17, 15) is 9.90 Å². The number of benzene rings is 1. The molecule has 1 aromatic carbocycles. The Balaban J connectivity index is 0.000001000. The van der Waals surface area contributed by atoms with Crippen LogP contribution in [0.15, 0.2) is 24.3 Å². The Hall–Kier alpha value is -1.02. The van der Waals surface area contributed by atoms with Crippen molar-refractivity contribution in [1.82, 2.24) is 0 Å². The van der Waals surface area contributed by atoms with Gasteiger partial charge in [-0.2, -0.15) is 0 Å². The third kappa shape index (κ3) is 2.24. The molecule has 0 radical (unpaired) electrons. The van der Waals surface area contributed by atoms with Crippen LogP contribution in [0, 0.1) is 0 Å². The van der Waals surface area contributed by atoms with Gasteiger partial charge in [0.1, 0.15) is 0 Å². The molecule has 0 bridgehead atoms. The van der Waals surface area contributed by atoms with Crippen LogP contribution in [0.25, 0.3) is 0 Å². The van der Waals surface area contributed by atoms with E-state index >= 15 is 0 Å². The van der Waals surface area contributed by atoms with Crippen LogP contribution in [0.3, 0.4) is 0 Å². The molecule has 0 saturated heterocycles. The quantitative estimate of drug-likeness (QED) is 0.490. The van der Waals surface area contributed by atoms with Crippen molar-refractivity contribution in [1.29, 1.82) is 0 Å². The van der Waals surface area contributed by atoms with Gasteiger partial charge in [-0.3, -0.25) is 0 Å². The summed E-state index contributed by atoms with van der Waals surface area (Å²) < 4.78 is 0. The molecule has 4 heteroatoms. The van der Waals surface area contributed by atoms with Crippen LogP contribution in [-0.2, 0) is 16.5 Å². The summed E-state index contributed by atoms with van der Waals surface area (Å²) in [6.45, 7) is 0. The molecule has 2 N–H and O–H groups in total. The maximum Gasteiger partial charge on any atom is 2.00 e. The van der Waals surface area contributed by atoms with Crippen molar-refractivity contribution in [2.75, 3.05) is 5.73 Å². The molecule has 0 spiro atoms. The van der Waals surface area contributed by atoms with E-state index in [1.54, 1.807) is 12.1 Å². The summed E-state index contributed by atoms with van der Waals surface area (Å²) in [6.07, 6.45) is 0. The number of hydrogen-bond acceptors (Lipinski definition) is 3. The first-order valence-electron chi connectivity index (χ1n) is 2.77. The van der Waals surface area contributed by atoms with Gasteiger partial charge in [0.2, 0.25) is 0 Å². The maximum absolute atomic E-state index is 10.2. The van der Waals surface area contributed by atoms with E-state index in [4.69, 9.17) is 5.73 Å². The van der Waals surface area contributed by atoms with Crippen molar-refractivity contribution in [2.24, 2.45) is 0 Å². The Labute approximate surface area is 74.1 Å². The summed E-state index contributed by atoms with van der Waals surface area (Å²) in [5, 5.41) is 10.2. The minimum absolute atomic E-state index is 0. The van der Waals surface area contributed by atoms with Gasteiger partial charge in [0.05, 0.1) is 5.97 Å². The number of anilines is 1. The van der Waals surface area contributed by atoms with Gasteiger partial charge in [0.25, 0.3) is 0 Å². The largest absolute Gasteiger partial charge is 2.00 e. The second-order valence-corrected chi connectivity index (χ2v) is 1.87. The molecule has 0 aromatic heterocycles. The maximum atomic E-state index is 10.2. The first kappa shape index (κ1) is 9.98. The third-order valence-electron chi connectivity index (χ3n) is 1.18. The molecule has 0 aliphatic carbocycles. The van der Waals surface area contributed by atoms with Crippen LogP contribution in [0.5, 0.6) is 0 Å². The number of carboxylic acids is 1. The molecular weight excluding hydrogens is 189 g/mol. The second kappa shape index (κ2) is 3.99. The Morgan fingerprint density at radius 2 is 1.91 bits per heavy atom. The number of carbonyl (C=O) groups excluding carboxylic acids is 1. The fourth-order valence-corrected chi connectivity index (χ4v) is 0.683. The van der Waals surface area contributed by atoms with Gasteiger partial charge in [0, 0.05) is 11.3 Å². The number of nitrogens with two attached hydrogens (primary N) is 1. The fourth-order valence-electron chi connectivity index (χ4n) is 0.683. The number of para-hydroxylation sites is 1. The molecule has 1 aromatic rings. The minimum Gasteiger partial charge on any atom is -0.545 e. The first-order chi connectivity index (χ1) is 4.72. The molecule has 0 fully saturated rings. The van der Waals surface area contributed by atoms with E-state index in [0.29, 0.717) is 0 Å². The summed E-state index contributed by atoms with van der Waals surface area (Å²) in [6, 6.07) is 6.19. The number of aromatic carboxylic acids is 1. The van der Waals surface area contributed by atoms with Crippen molar-refractivity contribution < 1.29 is 26.4 Å². The zero-order valence-corrected chi connectivity index (χ0v) is 6.51. The SMILES string of the molecule is Nc1ccccc1C(=O)[O-].[Ni+2]. The van der Waals surface area contributed by atoms with Gasteiger partial charge in [-0.25, -0.2) is 0 Å². The van der Waals surface area contributed by atoms with Crippen LogP contribution in [-0.4, -0.2) is 5.97 Å². The van der Waals surface area contributed by atoms with E-state index in [0.717, 1.165) is 0 Å². The average Bonchev–Trinajstić information content (AvgIpc) is 1.88. The smallest absolute Gasteiger partial charge is 0.545 e. The van der Waals surface area contributed by atoms with Crippen LogP contribution >= 0.6 is 0 Å². The molecule has 3 nitrogen and oxygen atoms in total. The van der Waals surface area contributed by atoms with Crippen LogP contribution in [0.1, 0.15) is 10.4 Å². The molecule has 11 heavy (non-hydrogen) atoms. The van der Waals surface area contributed by atoms with Crippen molar-refractivity contribution in [3.05, 3.63) is 29.8 Å². The monoisotopic (exact) mass is 194 g/mol. The molecule has 0 amide bonds. The van der Waals surface area contributed by atoms with E-state index < -0.39 is 5.97 Å². The number of carboxylic acid groups (broad SMARTS) is 1. The molecule has 0 aliphatic heterocycles. The van der Waals surface area contributed by atoms with E-state index in [-0.39, 0.29) is 27.7 Å². The Morgan fingerprint density at radius 3 is 2.27 bits per heavy atom. The zero-order chi connectivity index (χ0) is 7.56. The van der Waals surface area contributed by atoms with Crippen molar-refractivity contribution >= 4 is 11.7 Å². The van der Waals surface area contributed by atoms with Gasteiger partial charge in [0.15, 0.2) is 0 Å². The fraction of sp³-hybridized carbons (Fsp3) is 0. The topological polar surface area (TPSA) is 66.2 Å². The van der Waals surface area contributed by atoms with Crippen molar-refractivity contribution in [3.8, 4) is 0 Å². The number of nitrogen functional groups attached to an aromatic ring is 1. The molecule has 0 unspecified atom stereocenters. The van der Waals surface area contributed by atoms with Crippen LogP contribution in [0.2, 0.25) is 0 Å². The molecule has 0 aliphatic rings.